The lowest BCUT2D eigenvalue weighted by atomic mass is 9.87. The first-order valence-corrected chi connectivity index (χ1v) is 9.56. The third kappa shape index (κ3) is 6.22. The molecule has 1 aromatic carbocycles. The average Bonchev–Trinajstić information content (AvgIpc) is 3.31. The van der Waals surface area contributed by atoms with Gasteiger partial charge in [-0.15, -0.1) is 24.0 Å². The molecule has 1 N–H and O–H groups in total. The fourth-order valence-electron chi connectivity index (χ4n) is 3.68. The summed E-state index contributed by atoms with van der Waals surface area (Å²) in [5.74, 6) is 1.86. The van der Waals surface area contributed by atoms with Crippen LogP contribution in [0.3, 0.4) is 0 Å². The number of rotatable bonds is 7. The standard InChI is InChI=1S/C20H31N3O3.HI/c1-3-21-19(23-10-7-20(15-23)8-11-26-16-20)22-9-12-25-14-17-5-4-6-18(13-17)24-2;/h4-6,13H,3,7-12,14-16H2,1-2H3,(H,21,22);1H. The zero-order chi connectivity index (χ0) is 18.2. The van der Waals surface area contributed by atoms with Gasteiger partial charge in [0.05, 0.1) is 33.5 Å². The monoisotopic (exact) mass is 489 g/mol. The highest BCUT2D eigenvalue weighted by Gasteiger charge is 2.42. The lowest BCUT2D eigenvalue weighted by Crippen LogP contribution is -2.41. The van der Waals surface area contributed by atoms with E-state index in [-0.39, 0.29) is 24.0 Å². The van der Waals surface area contributed by atoms with Crippen molar-refractivity contribution in [3.05, 3.63) is 29.8 Å². The van der Waals surface area contributed by atoms with E-state index in [4.69, 9.17) is 19.2 Å². The van der Waals surface area contributed by atoms with E-state index in [1.807, 2.05) is 24.3 Å². The number of aliphatic imine (C=N–C) groups is 1. The number of nitrogens with zero attached hydrogens (tertiary/aromatic N) is 2. The lowest BCUT2D eigenvalue weighted by Gasteiger charge is -2.25. The Balaban J connectivity index is 0.00000261. The molecule has 0 amide bonds. The van der Waals surface area contributed by atoms with Gasteiger partial charge in [0.1, 0.15) is 5.75 Å². The van der Waals surface area contributed by atoms with Gasteiger partial charge in [-0.3, -0.25) is 4.99 Å². The number of nitrogens with one attached hydrogen (secondary N) is 1. The van der Waals surface area contributed by atoms with Gasteiger partial charge >= 0.3 is 0 Å². The van der Waals surface area contributed by atoms with Crippen molar-refractivity contribution >= 4 is 29.9 Å². The third-order valence-electron chi connectivity index (χ3n) is 5.16. The molecule has 0 bridgehead atoms. The Bertz CT molecular complexity index is 606. The number of halogens is 1. The molecule has 1 spiro atoms. The van der Waals surface area contributed by atoms with E-state index >= 15 is 0 Å². The number of hydrogen-bond acceptors (Lipinski definition) is 4. The van der Waals surface area contributed by atoms with E-state index in [9.17, 15) is 0 Å². The topological polar surface area (TPSA) is 55.3 Å². The van der Waals surface area contributed by atoms with Crippen LogP contribution in [0.15, 0.2) is 29.3 Å². The lowest BCUT2D eigenvalue weighted by molar-refractivity contribution is 0.128. The molecule has 0 aromatic heterocycles. The molecule has 1 aromatic rings. The number of methoxy groups -OCH3 is 1. The molecule has 1 atom stereocenters. The van der Waals surface area contributed by atoms with Crippen LogP contribution >= 0.6 is 24.0 Å². The van der Waals surface area contributed by atoms with Gasteiger partial charge in [-0.25, -0.2) is 0 Å². The molecular weight excluding hydrogens is 457 g/mol. The number of guanidine groups is 1. The molecule has 3 rings (SSSR count). The first-order chi connectivity index (χ1) is 12.7. The van der Waals surface area contributed by atoms with Crippen LogP contribution < -0.4 is 10.1 Å². The van der Waals surface area contributed by atoms with Crippen molar-refractivity contribution in [3.63, 3.8) is 0 Å². The highest BCUT2D eigenvalue weighted by atomic mass is 127. The predicted octanol–water partition coefficient (Wildman–Crippen LogP) is 2.91. The average molecular weight is 489 g/mol. The van der Waals surface area contributed by atoms with Crippen LogP contribution in [0.5, 0.6) is 5.75 Å². The summed E-state index contributed by atoms with van der Waals surface area (Å²) in [6.45, 7) is 8.73. The first kappa shape index (κ1) is 22.2. The van der Waals surface area contributed by atoms with Crippen LogP contribution in [0.25, 0.3) is 0 Å². The highest BCUT2D eigenvalue weighted by molar-refractivity contribution is 14.0. The van der Waals surface area contributed by atoms with Crippen molar-refractivity contribution in [1.82, 2.24) is 10.2 Å². The molecular formula is C20H32IN3O3. The molecule has 7 heteroatoms. The second-order valence-corrected chi connectivity index (χ2v) is 7.11. The van der Waals surface area contributed by atoms with Crippen LogP contribution in [0, 0.1) is 5.41 Å². The smallest absolute Gasteiger partial charge is 0.194 e. The van der Waals surface area contributed by atoms with Gasteiger partial charge < -0.3 is 24.4 Å². The zero-order valence-corrected chi connectivity index (χ0v) is 18.7. The fraction of sp³-hybridized carbons (Fsp3) is 0.650. The van der Waals surface area contributed by atoms with Crippen LogP contribution in [0.1, 0.15) is 25.3 Å². The van der Waals surface area contributed by atoms with E-state index < -0.39 is 0 Å². The molecule has 0 aliphatic carbocycles. The minimum atomic E-state index is 0. The van der Waals surface area contributed by atoms with Gasteiger partial charge in [-0.05, 0) is 37.5 Å². The summed E-state index contributed by atoms with van der Waals surface area (Å²) in [6.07, 6.45) is 2.37. The minimum Gasteiger partial charge on any atom is -0.497 e. The Morgan fingerprint density at radius 2 is 2.26 bits per heavy atom. The van der Waals surface area contributed by atoms with E-state index in [0.717, 1.165) is 50.1 Å². The number of benzene rings is 1. The van der Waals surface area contributed by atoms with Crippen molar-refractivity contribution in [2.45, 2.75) is 26.4 Å². The molecule has 2 aliphatic heterocycles. The summed E-state index contributed by atoms with van der Waals surface area (Å²) in [7, 11) is 1.68. The third-order valence-corrected chi connectivity index (χ3v) is 5.16. The van der Waals surface area contributed by atoms with Gasteiger partial charge in [0.15, 0.2) is 5.96 Å². The highest BCUT2D eigenvalue weighted by Crippen LogP contribution is 2.38. The van der Waals surface area contributed by atoms with E-state index in [1.54, 1.807) is 7.11 Å². The van der Waals surface area contributed by atoms with Crippen LogP contribution in [0.4, 0.5) is 0 Å². The molecule has 2 saturated heterocycles. The van der Waals surface area contributed by atoms with Crippen molar-refractivity contribution in [2.75, 3.05) is 53.1 Å². The first-order valence-electron chi connectivity index (χ1n) is 9.56. The quantitative estimate of drug-likeness (QED) is 0.276. The summed E-state index contributed by atoms with van der Waals surface area (Å²) >= 11 is 0. The second kappa shape index (κ2) is 11.1. The predicted molar refractivity (Wildman–Crippen MR) is 118 cm³/mol. The van der Waals surface area contributed by atoms with Crippen LogP contribution in [-0.4, -0.2) is 64.0 Å². The minimum absolute atomic E-state index is 0. The summed E-state index contributed by atoms with van der Waals surface area (Å²) in [5.41, 5.74) is 1.46. The van der Waals surface area contributed by atoms with Crippen LogP contribution in [-0.2, 0) is 16.1 Å². The van der Waals surface area contributed by atoms with Gasteiger partial charge in [-0.2, -0.15) is 0 Å². The summed E-state index contributed by atoms with van der Waals surface area (Å²) in [5, 5.41) is 3.42. The van der Waals surface area contributed by atoms with E-state index in [2.05, 4.69) is 17.1 Å². The van der Waals surface area contributed by atoms with E-state index in [0.29, 0.717) is 25.2 Å². The number of ether oxygens (including phenoxy) is 3. The zero-order valence-electron chi connectivity index (χ0n) is 16.4. The second-order valence-electron chi connectivity index (χ2n) is 7.11. The maximum Gasteiger partial charge on any atom is 0.194 e. The van der Waals surface area contributed by atoms with Crippen molar-refractivity contribution < 1.29 is 14.2 Å². The van der Waals surface area contributed by atoms with Gasteiger partial charge in [0, 0.05) is 31.7 Å². The largest absolute Gasteiger partial charge is 0.497 e. The number of hydrogen-bond donors (Lipinski definition) is 1. The number of likely N-dealkylation sites (tertiary alicyclic amines) is 1. The van der Waals surface area contributed by atoms with Crippen LogP contribution in [0.2, 0.25) is 0 Å². The Morgan fingerprint density at radius 3 is 3.00 bits per heavy atom. The molecule has 2 heterocycles. The van der Waals surface area contributed by atoms with Crippen molar-refractivity contribution in [1.29, 1.82) is 0 Å². The van der Waals surface area contributed by atoms with Gasteiger partial charge in [-0.1, -0.05) is 12.1 Å². The molecule has 27 heavy (non-hydrogen) atoms. The molecule has 2 fully saturated rings. The summed E-state index contributed by atoms with van der Waals surface area (Å²) < 4.78 is 16.6. The normalized spacial score (nSPS) is 22.1. The molecule has 6 nitrogen and oxygen atoms in total. The SMILES string of the molecule is CCNC(=NCCOCc1cccc(OC)c1)N1CCC2(CCOC2)C1.I. The Hall–Kier alpha value is -1.06. The van der Waals surface area contributed by atoms with E-state index in [1.165, 1.54) is 12.8 Å². The molecule has 1 unspecified atom stereocenters. The van der Waals surface area contributed by atoms with Crippen molar-refractivity contribution in [3.8, 4) is 5.75 Å². The summed E-state index contributed by atoms with van der Waals surface area (Å²) in [6, 6.07) is 7.97. The Morgan fingerprint density at radius 1 is 1.37 bits per heavy atom. The molecule has 152 valence electrons. The van der Waals surface area contributed by atoms with Gasteiger partial charge in [0.2, 0.25) is 0 Å². The molecule has 0 saturated carbocycles. The maximum atomic E-state index is 5.77. The van der Waals surface area contributed by atoms with Crippen molar-refractivity contribution in [2.24, 2.45) is 10.4 Å². The summed E-state index contributed by atoms with van der Waals surface area (Å²) in [4.78, 5) is 7.13. The Labute approximate surface area is 179 Å². The molecule has 0 radical (unpaired) electrons. The molecule has 2 aliphatic rings. The van der Waals surface area contributed by atoms with Gasteiger partial charge in [0.25, 0.3) is 0 Å². The Kier molecular flexibility index (Phi) is 9.11. The fourth-order valence-corrected chi connectivity index (χ4v) is 3.68. The maximum absolute atomic E-state index is 5.77.